The van der Waals surface area contributed by atoms with Crippen molar-refractivity contribution in [3.8, 4) is 0 Å². The molecule has 0 bridgehead atoms. The van der Waals surface area contributed by atoms with E-state index in [2.05, 4.69) is 10.0 Å². The van der Waals surface area contributed by atoms with Crippen LogP contribution in [0.25, 0.3) is 0 Å². The van der Waals surface area contributed by atoms with Crippen LogP contribution in [0.5, 0.6) is 0 Å². The Labute approximate surface area is 103 Å². The maximum absolute atomic E-state index is 11.8. The van der Waals surface area contributed by atoms with Crippen molar-refractivity contribution < 1.29 is 13.2 Å². The van der Waals surface area contributed by atoms with E-state index in [0.717, 1.165) is 45.3 Å². The molecule has 0 amide bonds. The van der Waals surface area contributed by atoms with Gasteiger partial charge in [0.05, 0.1) is 11.9 Å². The van der Waals surface area contributed by atoms with Crippen molar-refractivity contribution in [1.29, 1.82) is 0 Å². The molecule has 0 aromatic heterocycles. The minimum absolute atomic E-state index is 0.0732. The Balaban J connectivity index is 1.73. The fourth-order valence-corrected chi connectivity index (χ4v) is 3.79. The Kier molecular flexibility index (Phi) is 4.78. The van der Waals surface area contributed by atoms with Crippen molar-refractivity contribution >= 4 is 10.0 Å². The number of rotatable bonds is 5. The Bertz CT molecular complexity index is 320. The Morgan fingerprint density at radius 2 is 2.12 bits per heavy atom. The van der Waals surface area contributed by atoms with E-state index in [-0.39, 0.29) is 17.9 Å². The quantitative estimate of drug-likeness (QED) is 0.744. The van der Waals surface area contributed by atoms with Gasteiger partial charge in [-0.15, -0.1) is 0 Å². The first-order valence-corrected chi connectivity index (χ1v) is 8.13. The summed E-state index contributed by atoms with van der Waals surface area (Å²) in [6.07, 6.45) is 5.31. The highest BCUT2D eigenvalue weighted by molar-refractivity contribution is 7.89. The molecule has 100 valence electrons. The summed E-state index contributed by atoms with van der Waals surface area (Å²) in [5.74, 6) is 0.194. The highest BCUT2D eigenvalue weighted by Crippen LogP contribution is 2.12. The van der Waals surface area contributed by atoms with Gasteiger partial charge < -0.3 is 10.1 Å². The van der Waals surface area contributed by atoms with Crippen molar-refractivity contribution in [3.63, 3.8) is 0 Å². The van der Waals surface area contributed by atoms with Gasteiger partial charge in [0.1, 0.15) is 0 Å². The lowest BCUT2D eigenvalue weighted by molar-refractivity contribution is 0.114. The monoisotopic (exact) mass is 262 g/mol. The van der Waals surface area contributed by atoms with Gasteiger partial charge in [-0.25, -0.2) is 13.1 Å². The van der Waals surface area contributed by atoms with Crippen molar-refractivity contribution in [2.75, 3.05) is 25.4 Å². The number of nitrogens with one attached hydrogen (secondary N) is 2. The number of piperidine rings is 1. The van der Waals surface area contributed by atoms with Gasteiger partial charge in [-0.05, 0) is 32.2 Å². The molecule has 2 aliphatic rings. The summed E-state index contributed by atoms with van der Waals surface area (Å²) in [6, 6.07) is 0.116. The molecule has 5 nitrogen and oxygen atoms in total. The maximum Gasteiger partial charge on any atom is 0.213 e. The first-order valence-electron chi connectivity index (χ1n) is 6.48. The summed E-state index contributed by atoms with van der Waals surface area (Å²) >= 11 is 0. The van der Waals surface area contributed by atoms with Crippen LogP contribution in [-0.2, 0) is 14.8 Å². The third kappa shape index (κ3) is 4.54. The van der Waals surface area contributed by atoms with E-state index in [9.17, 15) is 8.42 Å². The molecule has 2 fully saturated rings. The van der Waals surface area contributed by atoms with Gasteiger partial charge in [0.15, 0.2) is 0 Å². The lowest BCUT2D eigenvalue weighted by Crippen LogP contribution is -2.43. The third-order valence-corrected chi connectivity index (χ3v) is 4.84. The fraction of sp³-hybridized carbons (Fsp3) is 1.00. The Hall–Kier alpha value is -0.170. The number of ether oxygens (including phenoxy) is 1. The van der Waals surface area contributed by atoms with E-state index in [0.29, 0.717) is 6.54 Å². The molecule has 0 saturated carbocycles. The van der Waals surface area contributed by atoms with E-state index in [1.807, 2.05) is 0 Å². The molecule has 2 N–H and O–H groups in total. The molecule has 2 heterocycles. The molecule has 0 aliphatic carbocycles. The minimum atomic E-state index is -3.16. The molecule has 2 aliphatic heterocycles. The van der Waals surface area contributed by atoms with Crippen LogP contribution < -0.4 is 10.0 Å². The first-order chi connectivity index (χ1) is 8.16. The van der Waals surface area contributed by atoms with Crippen molar-refractivity contribution in [3.05, 3.63) is 0 Å². The average Bonchev–Trinajstić information content (AvgIpc) is 2.80. The molecule has 2 atom stereocenters. The number of hydrogen-bond acceptors (Lipinski definition) is 4. The minimum Gasteiger partial charge on any atom is -0.377 e. The summed E-state index contributed by atoms with van der Waals surface area (Å²) < 4.78 is 31.7. The van der Waals surface area contributed by atoms with E-state index in [1.54, 1.807) is 0 Å². The highest BCUT2D eigenvalue weighted by atomic mass is 32.2. The van der Waals surface area contributed by atoms with Crippen molar-refractivity contribution in [2.24, 2.45) is 0 Å². The van der Waals surface area contributed by atoms with Crippen LogP contribution in [0.4, 0.5) is 0 Å². The van der Waals surface area contributed by atoms with E-state index in [1.165, 1.54) is 0 Å². The molecule has 2 saturated heterocycles. The predicted molar refractivity (Wildman–Crippen MR) is 66.4 cm³/mol. The second kappa shape index (κ2) is 6.13. The van der Waals surface area contributed by atoms with Gasteiger partial charge in [-0.2, -0.15) is 0 Å². The van der Waals surface area contributed by atoms with Gasteiger partial charge in [0, 0.05) is 19.2 Å². The molecule has 0 aromatic carbocycles. The predicted octanol–water partition coefficient (Wildman–Crippen LogP) is 0.227. The molecule has 2 unspecified atom stereocenters. The van der Waals surface area contributed by atoms with E-state index in [4.69, 9.17) is 4.74 Å². The van der Waals surface area contributed by atoms with Gasteiger partial charge in [-0.3, -0.25) is 0 Å². The van der Waals surface area contributed by atoms with E-state index < -0.39 is 10.0 Å². The molecule has 17 heavy (non-hydrogen) atoms. The largest absolute Gasteiger partial charge is 0.377 e. The first kappa shape index (κ1) is 13.3. The number of sulfonamides is 1. The van der Waals surface area contributed by atoms with Crippen LogP contribution in [0.2, 0.25) is 0 Å². The zero-order chi connectivity index (χ0) is 12.1. The van der Waals surface area contributed by atoms with Crippen LogP contribution in [0.1, 0.15) is 32.1 Å². The summed E-state index contributed by atoms with van der Waals surface area (Å²) in [4.78, 5) is 0. The lowest BCUT2D eigenvalue weighted by Gasteiger charge is -2.23. The normalized spacial score (nSPS) is 30.6. The van der Waals surface area contributed by atoms with Gasteiger partial charge in [0.2, 0.25) is 10.0 Å². The summed E-state index contributed by atoms with van der Waals surface area (Å²) in [7, 11) is -3.16. The van der Waals surface area contributed by atoms with Crippen LogP contribution in [0.15, 0.2) is 0 Å². The zero-order valence-electron chi connectivity index (χ0n) is 10.2. The number of hydrogen-bond donors (Lipinski definition) is 2. The van der Waals surface area contributed by atoms with Gasteiger partial charge >= 0.3 is 0 Å². The molecule has 6 heteroatoms. The van der Waals surface area contributed by atoms with Gasteiger partial charge in [0.25, 0.3) is 0 Å². The second-order valence-corrected chi connectivity index (χ2v) is 6.76. The zero-order valence-corrected chi connectivity index (χ0v) is 11.0. The fourth-order valence-electron chi connectivity index (χ4n) is 2.42. The molecular formula is C11H22N2O3S. The maximum atomic E-state index is 11.8. The van der Waals surface area contributed by atoms with Crippen LogP contribution in [-0.4, -0.2) is 46.0 Å². The molecule has 0 aromatic rings. The smallest absolute Gasteiger partial charge is 0.213 e. The van der Waals surface area contributed by atoms with Crippen molar-refractivity contribution in [1.82, 2.24) is 10.0 Å². The second-order valence-electron chi connectivity index (χ2n) is 4.91. The van der Waals surface area contributed by atoms with Crippen LogP contribution in [0, 0.1) is 0 Å². The standard InChI is InChI=1S/C11H22N2O3S/c14-17(15,9-10-4-1-2-6-12-10)13-8-11-5-3-7-16-11/h10-13H,1-9H2. The molecule has 2 rings (SSSR count). The SMILES string of the molecule is O=S(=O)(CC1CCCCN1)NCC1CCCO1. The summed E-state index contributed by atoms with van der Waals surface area (Å²) in [5, 5.41) is 3.25. The van der Waals surface area contributed by atoms with Crippen LogP contribution >= 0.6 is 0 Å². The molecule has 0 radical (unpaired) electrons. The highest BCUT2D eigenvalue weighted by Gasteiger charge is 2.23. The third-order valence-electron chi connectivity index (χ3n) is 3.39. The van der Waals surface area contributed by atoms with Crippen LogP contribution in [0.3, 0.4) is 0 Å². The Morgan fingerprint density at radius 3 is 2.76 bits per heavy atom. The van der Waals surface area contributed by atoms with E-state index >= 15 is 0 Å². The average molecular weight is 262 g/mol. The van der Waals surface area contributed by atoms with Crippen molar-refractivity contribution in [2.45, 2.75) is 44.2 Å². The summed E-state index contributed by atoms with van der Waals surface area (Å²) in [6.45, 7) is 2.12. The summed E-state index contributed by atoms with van der Waals surface area (Å²) in [5.41, 5.74) is 0. The Morgan fingerprint density at radius 1 is 1.24 bits per heavy atom. The topological polar surface area (TPSA) is 67.4 Å². The molecular weight excluding hydrogens is 240 g/mol. The van der Waals surface area contributed by atoms with Gasteiger partial charge in [-0.1, -0.05) is 6.42 Å². The lowest BCUT2D eigenvalue weighted by atomic mass is 10.1. The molecule has 0 spiro atoms.